The van der Waals surface area contributed by atoms with E-state index >= 15 is 0 Å². The van der Waals surface area contributed by atoms with Gasteiger partial charge in [-0.3, -0.25) is 14.8 Å². The van der Waals surface area contributed by atoms with Crippen molar-refractivity contribution in [3.63, 3.8) is 0 Å². The van der Waals surface area contributed by atoms with Gasteiger partial charge in [0.2, 0.25) is 0 Å². The monoisotopic (exact) mass is 446 g/mol. The number of nitrogens with zero attached hydrogens (tertiary/aromatic N) is 1. The topological polar surface area (TPSA) is 123 Å². The van der Waals surface area contributed by atoms with Crippen LogP contribution < -0.4 is 4.72 Å². The van der Waals surface area contributed by atoms with Crippen molar-refractivity contribution in [1.29, 1.82) is 0 Å². The molecule has 0 aliphatic carbocycles. The minimum Gasteiger partial charge on any atom is -0.279 e. The van der Waals surface area contributed by atoms with E-state index in [1.54, 1.807) is 49.4 Å². The summed E-state index contributed by atoms with van der Waals surface area (Å²) in [5.41, 5.74) is 0.617. The third kappa shape index (κ3) is 5.02. The Morgan fingerprint density at radius 1 is 0.867 bits per heavy atom. The molecule has 156 valence electrons. The molecule has 8 nitrogen and oxygen atoms in total. The van der Waals surface area contributed by atoms with E-state index in [2.05, 4.69) is 4.72 Å². The number of sulfonamides is 1. The number of hydrogen-bond acceptors (Lipinski definition) is 6. The van der Waals surface area contributed by atoms with Gasteiger partial charge < -0.3 is 0 Å². The Balaban J connectivity index is 2.01. The van der Waals surface area contributed by atoms with Gasteiger partial charge in [-0.2, -0.15) is 0 Å². The first-order valence-electron chi connectivity index (χ1n) is 8.72. The number of anilines is 1. The average Bonchev–Trinajstić information content (AvgIpc) is 2.68. The lowest BCUT2D eigenvalue weighted by Gasteiger charge is -2.11. The Hall–Kier alpha value is -3.24. The van der Waals surface area contributed by atoms with Crippen molar-refractivity contribution in [1.82, 2.24) is 0 Å². The molecule has 3 aromatic rings. The molecular weight excluding hydrogens is 428 g/mol. The second kappa shape index (κ2) is 8.25. The minimum atomic E-state index is -4.06. The van der Waals surface area contributed by atoms with Gasteiger partial charge in [-0.1, -0.05) is 48.0 Å². The molecule has 0 saturated heterocycles. The first kappa shape index (κ1) is 21.5. The zero-order chi connectivity index (χ0) is 21.9. The fourth-order valence-electron chi connectivity index (χ4n) is 2.74. The summed E-state index contributed by atoms with van der Waals surface area (Å²) in [6.07, 6.45) is 0. The van der Waals surface area contributed by atoms with Gasteiger partial charge in [0.15, 0.2) is 9.84 Å². The molecule has 3 rings (SSSR count). The Kier molecular flexibility index (Phi) is 5.90. The molecule has 0 spiro atoms. The standard InChI is InChI=1S/C20H18N2O6S2/c1-15-7-9-19(10-8-15)30(27,28)21-17-11-18(22(23)24)13-20(12-17)29(25,26)14-16-5-3-2-4-6-16/h2-13,21H,14H2,1H3. The molecule has 3 aromatic carbocycles. The number of hydrogen-bond donors (Lipinski definition) is 1. The van der Waals surface area contributed by atoms with Gasteiger partial charge in [-0.25, -0.2) is 16.8 Å². The highest BCUT2D eigenvalue weighted by molar-refractivity contribution is 7.92. The van der Waals surface area contributed by atoms with Crippen molar-refractivity contribution in [3.05, 3.63) is 94.0 Å². The Labute approximate surface area is 174 Å². The normalized spacial score (nSPS) is 11.8. The molecule has 0 aliphatic heterocycles. The lowest BCUT2D eigenvalue weighted by molar-refractivity contribution is -0.385. The van der Waals surface area contributed by atoms with E-state index in [1.807, 2.05) is 0 Å². The highest BCUT2D eigenvalue weighted by Gasteiger charge is 2.23. The lowest BCUT2D eigenvalue weighted by atomic mass is 10.2. The highest BCUT2D eigenvalue weighted by Crippen LogP contribution is 2.28. The van der Waals surface area contributed by atoms with Crippen LogP contribution >= 0.6 is 0 Å². The molecule has 0 aromatic heterocycles. The highest BCUT2D eigenvalue weighted by atomic mass is 32.2. The van der Waals surface area contributed by atoms with Crippen LogP contribution in [0.25, 0.3) is 0 Å². The van der Waals surface area contributed by atoms with Crippen molar-refractivity contribution < 1.29 is 21.8 Å². The summed E-state index contributed by atoms with van der Waals surface area (Å²) in [5.74, 6) is -0.376. The molecule has 30 heavy (non-hydrogen) atoms. The van der Waals surface area contributed by atoms with Crippen molar-refractivity contribution in [2.75, 3.05) is 4.72 Å². The van der Waals surface area contributed by atoms with E-state index in [0.29, 0.717) is 5.56 Å². The predicted octanol–water partition coefficient (Wildman–Crippen LogP) is 3.68. The van der Waals surface area contributed by atoms with E-state index in [9.17, 15) is 26.9 Å². The van der Waals surface area contributed by atoms with E-state index in [1.165, 1.54) is 12.1 Å². The number of non-ortho nitro benzene ring substituents is 1. The molecule has 1 N–H and O–H groups in total. The molecule has 0 bridgehead atoms. The summed E-state index contributed by atoms with van der Waals surface area (Å²) in [5, 5.41) is 11.3. The summed E-state index contributed by atoms with van der Waals surface area (Å²) in [6.45, 7) is 1.80. The van der Waals surface area contributed by atoms with Crippen LogP contribution in [0.5, 0.6) is 0 Å². The maximum absolute atomic E-state index is 12.8. The van der Waals surface area contributed by atoms with E-state index < -0.39 is 30.5 Å². The second-order valence-electron chi connectivity index (χ2n) is 6.64. The van der Waals surface area contributed by atoms with Crippen molar-refractivity contribution in [2.24, 2.45) is 0 Å². The van der Waals surface area contributed by atoms with Crippen LogP contribution in [-0.4, -0.2) is 21.8 Å². The van der Waals surface area contributed by atoms with Gasteiger partial charge in [0.1, 0.15) is 0 Å². The number of sulfone groups is 1. The van der Waals surface area contributed by atoms with Gasteiger partial charge >= 0.3 is 0 Å². The second-order valence-corrected chi connectivity index (χ2v) is 10.3. The molecule has 0 saturated carbocycles. The molecule has 0 fully saturated rings. The van der Waals surface area contributed by atoms with E-state index in [4.69, 9.17) is 0 Å². The molecule has 0 aliphatic rings. The minimum absolute atomic E-state index is 0.0479. The van der Waals surface area contributed by atoms with Crippen molar-refractivity contribution in [3.8, 4) is 0 Å². The van der Waals surface area contributed by atoms with Crippen molar-refractivity contribution >= 4 is 31.2 Å². The summed E-state index contributed by atoms with van der Waals surface area (Å²) < 4.78 is 53.1. The maximum Gasteiger partial charge on any atom is 0.272 e. The predicted molar refractivity (Wildman–Crippen MR) is 112 cm³/mol. The fourth-order valence-corrected chi connectivity index (χ4v) is 5.18. The summed E-state index contributed by atoms with van der Waals surface area (Å²) in [6, 6.07) is 17.3. The van der Waals surface area contributed by atoms with Crippen LogP contribution in [0.15, 0.2) is 82.6 Å². The zero-order valence-electron chi connectivity index (χ0n) is 15.8. The van der Waals surface area contributed by atoms with Crippen LogP contribution in [0.2, 0.25) is 0 Å². The van der Waals surface area contributed by atoms with E-state index in [0.717, 1.165) is 23.8 Å². The third-order valence-corrected chi connectivity index (χ3v) is 7.31. The molecule has 0 amide bonds. The summed E-state index contributed by atoms with van der Waals surface area (Å²) in [4.78, 5) is 10.1. The zero-order valence-corrected chi connectivity index (χ0v) is 17.5. The molecular formula is C20H18N2O6S2. The fraction of sp³-hybridized carbons (Fsp3) is 0.100. The first-order valence-corrected chi connectivity index (χ1v) is 11.9. The van der Waals surface area contributed by atoms with Crippen LogP contribution in [0.3, 0.4) is 0 Å². The molecule has 0 atom stereocenters. The lowest BCUT2D eigenvalue weighted by Crippen LogP contribution is -2.14. The first-order chi connectivity index (χ1) is 14.1. The van der Waals surface area contributed by atoms with Crippen LogP contribution in [-0.2, 0) is 25.6 Å². The number of nitrogens with one attached hydrogen (secondary N) is 1. The van der Waals surface area contributed by atoms with Gasteiger partial charge in [0.25, 0.3) is 15.7 Å². The Morgan fingerprint density at radius 3 is 2.10 bits per heavy atom. The summed E-state index contributed by atoms with van der Waals surface area (Å²) in [7, 11) is -8.02. The number of nitro benzene ring substituents is 1. The van der Waals surface area contributed by atoms with Crippen LogP contribution in [0.1, 0.15) is 11.1 Å². The summed E-state index contributed by atoms with van der Waals surface area (Å²) >= 11 is 0. The largest absolute Gasteiger partial charge is 0.279 e. The smallest absolute Gasteiger partial charge is 0.272 e. The molecule has 10 heteroatoms. The molecule has 0 radical (unpaired) electrons. The van der Waals surface area contributed by atoms with Crippen LogP contribution in [0.4, 0.5) is 11.4 Å². The number of benzene rings is 3. The average molecular weight is 447 g/mol. The Bertz CT molecular complexity index is 1290. The van der Waals surface area contributed by atoms with Gasteiger partial charge in [-0.15, -0.1) is 0 Å². The van der Waals surface area contributed by atoms with Gasteiger partial charge in [-0.05, 0) is 30.7 Å². The SMILES string of the molecule is Cc1ccc(S(=O)(=O)Nc2cc([N+](=O)[O-])cc(S(=O)(=O)Cc3ccccc3)c2)cc1. The third-order valence-electron chi connectivity index (χ3n) is 4.24. The van der Waals surface area contributed by atoms with Crippen molar-refractivity contribution in [2.45, 2.75) is 22.5 Å². The van der Waals surface area contributed by atoms with Crippen LogP contribution in [0, 0.1) is 17.0 Å². The number of rotatable bonds is 7. The van der Waals surface area contributed by atoms with Gasteiger partial charge in [0.05, 0.1) is 26.2 Å². The molecule has 0 unspecified atom stereocenters. The quantitative estimate of drug-likeness (QED) is 0.436. The number of aryl methyl sites for hydroxylation is 1. The van der Waals surface area contributed by atoms with E-state index in [-0.39, 0.29) is 21.2 Å². The molecule has 0 heterocycles. The maximum atomic E-state index is 12.8. The van der Waals surface area contributed by atoms with Gasteiger partial charge in [0, 0.05) is 12.1 Å². The Morgan fingerprint density at radius 2 is 1.50 bits per heavy atom. The number of nitro groups is 1.